The average Bonchev–Trinajstić information content (AvgIpc) is 3.72. The number of para-hydroxylation sites is 5. The Morgan fingerprint density at radius 2 is 0.760 bits per heavy atom. The maximum absolute atomic E-state index is 2.52. The number of hydrogen-bond acceptors (Lipinski definition) is 0. The van der Waals surface area contributed by atoms with Gasteiger partial charge in [-0.25, -0.2) is 0 Å². The Balaban J connectivity index is 1.36. The van der Waals surface area contributed by atoms with Crippen LogP contribution in [0.1, 0.15) is 0 Å². The Labute approximate surface area is 290 Å². The zero-order valence-corrected chi connectivity index (χ0v) is 27.4. The Morgan fingerprint density at radius 1 is 0.280 bits per heavy atom. The molecule has 0 fully saturated rings. The molecule has 2 aromatic heterocycles. The van der Waals surface area contributed by atoms with E-state index in [9.17, 15) is 0 Å². The molecular formula is C48H32N2. The van der Waals surface area contributed by atoms with Gasteiger partial charge in [-0.2, -0.15) is 0 Å². The lowest BCUT2D eigenvalue weighted by Gasteiger charge is -2.18. The van der Waals surface area contributed by atoms with E-state index in [1.165, 1.54) is 77.0 Å². The first-order valence-corrected chi connectivity index (χ1v) is 17.2. The number of fused-ring (bicyclic) bond motifs is 6. The number of rotatable bonds is 5. The Hall–Kier alpha value is -6.64. The lowest BCUT2D eigenvalue weighted by atomic mass is 9.97. The van der Waals surface area contributed by atoms with Crippen LogP contribution in [0.15, 0.2) is 194 Å². The van der Waals surface area contributed by atoms with Gasteiger partial charge in [0.15, 0.2) is 0 Å². The zero-order chi connectivity index (χ0) is 33.0. The predicted octanol–water partition coefficient (Wildman–Crippen LogP) is 12.9. The summed E-state index contributed by atoms with van der Waals surface area (Å²) in [5.74, 6) is 0. The number of aromatic nitrogens is 2. The van der Waals surface area contributed by atoms with E-state index in [1.807, 2.05) is 0 Å². The molecule has 234 valence electrons. The summed E-state index contributed by atoms with van der Waals surface area (Å²) < 4.78 is 4.96. The van der Waals surface area contributed by atoms with Gasteiger partial charge in [-0.3, -0.25) is 0 Å². The zero-order valence-electron chi connectivity index (χ0n) is 27.4. The molecule has 0 amide bonds. The van der Waals surface area contributed by atoms with Gasteiger partial charge in [0.2, 0.25) is 0 Å². The highest BCUT2D eigenvalue weighted by molar-refractivity contribution is 6.19. The van der Waals surface area contributed by atoms with E-state index in [0.29, 0.717) is 0 Å². The van der Waals surface area contributed by atoms with Crippen molar-refractivity contribution in [2.45, 2.75) is 0 Å². The van der Waals surface area contributed by atoms with E-state index in [0.717, 1.165) is 11.4 Å². The highest BCUT2D eigenvalue weighted by Crippen LogP contribution is 2.44. The number of hydrogen-bond donors (Lipinski definition) is 0. The molecule has 0 saturated carbocycles. The normalized spacial score (nSPS) is 11.6. The van der Waals surface area contributed by atoms with Gasteiger partial charge in [-0.1, -0.05) is 164 Å². The molecule has 0 aliphatic carbocycles. The van der Waals surface area contributed by atoms with Gasteiger partial charge in [0, 0.05) is 43.9 Å². The van der Waals surface area contributed by atoms with Crippen LogP contribution in [0.4, 0.5) is 0 Å². The largest absolute Gasteiger partial charge is 0.309 e. The quantitative estimate of drug-likeness (QED) is 0.178. The monoisotopic (exact) mass is 636 g/mol. The van der Waals surface area contributed by atoms with Crippen LogP contribution in [0.5, 0.6) is 0 Å². The van der Waals surface area contributed by atoms with Crippen LogP contribution in [-0.4, -0.2) is 9.13 Å². The molecule has 8 aromatic carbocycles. The first-order valence-electron chi connectivity index (χ1n) is 17.2. The lowest BCUT2D eigenvalue weighted by molar-refractivity contribution is 1.17. The van der Waals surface area contributed by atoms with Crippen LogP contribution < -0.4 is 0 Å². The van der Waals surface area contributed by atoms with Crippen LogP contribution in [0.2, 0.25) is 0 Å². The first kappa shape index (κ1) is 28.4. The number of benzene rings is 8. The molecule has 0 saturated heterocycles. The molecule has 2 heteroatoms. The Morgan fingerprint density at radius 3 is 1.38 bits per heavy atom. The smallest absolute Gasteiger partial charge is 0.0620 e. The van der Waals surface area contributed by atoms with Crippen LogP contribution in [0, 0.1) is 0 Å². The lowest BCUT2D eigenvalue weighted by Crippen LogP contribution is -2.00. The third-order valence-electron chi connectivity index (χ3n) is 10.1. The van der Waals surface area contributed by atoms with Crippen molar-refractivity contribution in [2.24, 2.45) is 0 Å². The minimum absolute atomic E-state index is 1.15. The van der Waals surface area contributed by atoms with Gasteiger partial charge in [-0.15, -0.1) is 0 Å². The van der Waals surface area contributed by atoms with Crippen molar-refractivity contribution in [1.29, 1.82) is 0 Å². The van der Waals surface area contributed by atoms with E-state index < -0.39 is 0 Å². The molecule has 50 heavy (non-hydrogen) atoms. The van der Waals surface area contributed by atoms with Crippen molar-refractivity contribution < 1.29 is 0 Å². The average molecular weight is 637 g/mol. The summed E-state index contributed by atoms with van der Waals surface area (Å²) in [6.07, 6.45) is 0. The van der Waals surface area contributed by atoms with Gasteiger partial charge in [0.25, 0.3) is 0 Å². The molecule has 0 atom stereocenters. The van der Waals surface area contributed by atoms with Crippen molar-refractivity contribution in [3.8, 4) is 44.8 Å². The van der Waals surface area contributed by atoms with Gasteiger partial charge in [-0.05, 0) is 47.0 Å². The number of nitrogens with zero attached hydrogens (tertiary/aromatic N) is 2. The third kappa shape index (κ3) is 4.36. The van der Waals surface area contributed by atoms with Crippen molar-refractivity contribution in [3.63, 3.8) is 0 Å². The van der Waals surface area contributed by atoms with E-state index in [4.69, 9.17) is 0 Å². The SMILES string of the molecule is c1ccc(-c2ccc(-c3ccccc3)c(-n3c4ccccc4c4cccc(-c5cccc6c7ccccc7n(-c7ccccc7)c56)c43)c2)cc1. The van der Waals surface area contributed by atoms with Gasteiger partial charge in [0.1, 0.15) is 0 Å². The van der Waals surface area contributed by atoms with Crippen LogP contribution >= 0.6 is 0 Å². The van der Waals surface area contributed by atoms with E-state index in [1.54, 1.807) is 0 Å². The van der Waals surface area contributed by atoms with Gasteiger partial charge < -0.3 is 9.13 Å². The Kier molecular flexibility index (Phi) is 6.53. The molecule has 10 rings (SSSR count). The second-order valence-corrected chi connectivity index (χ2v) is 12.9. The van der Waals surface area contributed by atoms with Gasteiger partial charge >= 0.3 is 0 Å². The maximum atomic E-state index is 2.52. The summed E-state index contributed by atoms with van der Waals surface area (Å²) in [6, 6.07) is 70.4. The first-order chi connectivity index (χ1) is 24.8. The third-order valence-corrected chi connectivity index (χ3v) is 10.1. The summed E-state index contributed by atoms with van der Waals surface area (Å²) >= 11 is 0. The molecule has 10 aromatic rings. The molecule has 0 radical (unpaired) electrons. The fraction of sp³-hybridized carbons (Fsp3) is 0. The molecule has 0 unspecified atom stereocenters. The van der Waals surface area contributed by atoms with Crippen molar-refractivity contribution in [2.75, 3.05) is 0 Å². The summed E-state index contributed by atoms with van der Waals surface area (Å²) in [5.41, 5.74) is 14.3. The fourth-order valence-electron chi connectivity index (χ4n) is 7.96. The molecule has 0 bridgehead atoms. The fourth-order valence-corrected chi connectivity index (χ4v) is 7.96. The molecule has 0 spiro atoms. The molecule has 2 nitrogen and oxygen atoms in total. The second-order valence-electron chi connectivity index (χ2n) is 12.9. The van der Waals surface area contributed by atoms with Crippen molar-refractivity contribution in [3.05, 3.63) is 194 Å². The minimum atomic E-state index is 1.15. The summed E-state index contributed by atoms with van der Waals surface area (Å²) in [4.78, 5) is 0. The summed E-state index contributed by atoms with van der Waals surface area (Å²) in [7, 11) is 0. The summed E-state index contributed by atoms with van der Waals surface area (Å²) in [6.45, 7) is 0. The highest BCUT2D eigenvalue weighted by atomic mass is 15.0. The van der Waals surface area contributed by atoms with E-state index in [-0.39, 0.29) is 0 Å². The summed E-state index contributed by atoms with van der Waals surface area (Å²) in [5, 5.41) is 4.98. The molecular weight excluding hydrogens is 605 g/mol. The highest BCUT2D eigenvalue weighted by Gasteiger charge is 2.22. The standard InChI is InChI=1S/C48H32N2/c1-4-16-33(17-5-1)35-30-31-37(34-18-6-2-7-19-34)46(32-35)50-45-29-13-11-23-39(45)41-25-15-27-43(48(41)50)42-26-14-24-40-38-22-10-12-28-44(38)49(47(40)42)36-20-8-3-9-21-36/h1-32H. The van der Waals surface area contributed by atoms with Crippen LogP contribution in [0.3, 0.4) is 0 Å². The molecule has 0 N–H and O–H groups in total. The Bertz CT molecular complexity index is 2840. The molecule has 2 heterocycles. The topological polar surface area (TPSA) is 9.86 Å². The molecule has 0 aliphatic rings. The van der Waals surface area contributed by atoms with E-state index in [2.05, 4.69) is 203 Å². The second kappa shape index (κ2) is 11.5. The minimum Gasteiger partial charge on any atom is -0.309 e. The van der Waals surface area contributed by atoms with Gasteiger partial charge in [0.05, 0.1) is 27.8 Å². The maximum Gasteiger partial charge on any atom is 0.0620 e. The molecule has 0 aliphatic heterocycles. The van der Waals surface area contributed by atoms with Crippen LogP contribution in [0.25, 0.3) is 88.4 Å². The van der Waals surface area contributed by atoms with E-state index >= 15 is 0 Å². The van der Waals surface area contributed by atoms with Crippen molar-refractivity contribution in [1.82, 2.24) is 9.13 Å². The van der Waals surface area contributed by atoms with Crippen LogP contribution in [-0.2, 0) is 0 Å². The predicted molar refractivity (Wildman–Crippen MR) is 211 cm³/mol. The van der Waals surface area contributed by atoms with Crippen molar-refractivity contribution >= 4 is 43.6 Å².